The Bertz CT molecular complexity index is 1470. The summed E-state index contributed by atoms with van der Waals surface area (Å²) in [5.74, 6) is -1.86. The first kappa shape index (κ1) is 34.3. The molecule has 11 nitrogen and oxygen atoms in total. The predicted octanol–water partition coefficient (Wildman–Crippen LogP) is 1.38. The first-order valence-electron chi connectivity index (χ1n) is 15.7. The van der Waals surface area contributed by atoms with Crippen LogP contribution >= 0.6 is 0 Å². The van der Waals surface area contributed by atoms with E-state index in [9.17, 15) is 24.0 Å². The number of benzene rings is 3. The Labute approximate surface area is 269 Å². The number of carbonyl (C=O) groups excluding carboxylic acids is 5. The monoisotopic (exact) mass is 629 g/mol. The van der Waals surface area contributed by atoms with Crippen LogP contribution in [0, 0.1) is 5.92 Å². The summed E-state index contributed by atoms with van der Waals surface area (Å²) in [6.45, 7) is 4.20. The van der Waals surface area contributed by atoms with Crippen LogP contribution in [0.3, 0.4) is 0 Å². The largest absolute Gasteiger partial charge is 0.379 e. The molecule has 4 N–H and O–H groups in total. The second-order valence-electron chi connectivity index (χ2n) is 11.6. The fraction of sp³-hybridized carbons (Fsp3) is 0.400. The molecule has 3 atom stereocenters. The molecule has 3 unspecified atom stereocenters. The lowest BCUT2D eigenvalue weighted by Crippen LogP contribution is -2.51. The molecule has 3 aromatic carbocycles. The van der Waals surface area contributed by atoms with Gasteiger partial charge < -0.3 is 35.7 Å². The summed E-state index contributed by atoms with van der Waals surface area (Å²) in [5, 5.41) is 12.7. The van der Waals surface area contributed by atoms with Crippen LogP contribution in [0.15, 0.2) is 72.8 Å². The number of morpholine rings is 1. The Morgan fingerprint density at radius 2 is 1.67 bits per heavy atom. The zero-order chi connectivity index (χ0) is 32.7. The molecule has 5 rings (SSSR count). The van der Waals surface area contributed by atoms with Crippen LogP contribution in [-0.4, -0.2) is 93.3 Å². The average molecular weight is 630 g/mol. The van der Waals surface area contributed by atoms with Gasteiger partial charge in [0.1, 0.15) is 12.3 Å². The highest BCUT2D eigenvalue weighted by molar-refractivity contribution is 5.93. The van der Waals surface area contributed by atoms with E-state index in [1.807, 2.05) is 72.8 Å². The van der Waals surface area contributed by atoms with E-state index < -0.39 is 23.9 Å². The highest BCUT2D eigenvalue weighted by atomic mass is 16.5. The molecule has 3 aromatic rings. The Morgan fingerprint density at radius 3 is 2.35 bits per heavy atom. The van der Waals surface area contributed by atoms with Gasteiger partial charge in [-0.25, -0.2) is 0 Å². The fourth-order valence-corrected chi connectivity index (χ4v) is 5.45. The maximum absolute atomic E-state index is 13.2. The number of fused-ring (bicyclic) bond motifs is 1. The summed E-state index contributed by atoms with van der Waals surface area (Å²) in [7, 11) is 2.11. The number of hydrogen-bond donors (Lipinski definition) is 4. The summed E-state index contributed by atoms with van der Waals surface area (Å²) in [6, 6.07) is 21.0. The molecule has 0 aromatic heterocycles. The molecule has 2 heterocycles. The number of carbonyl (C=O) groups is 5. The lowest BCUT2D eigenvalue weighted by molar-refractivity contribution is -0.130. The van der Waals surface area contributed by atoms with Gasteiger partial charge in [0.05, 0.1) is 32.2 Å². The molecule has 0 aliphatic carbocycles. The van der Waals surface area contributed by atoms with Gasteiger partial charge in [-0.05, 0) is 41.8 Å². The van der Waals surface area contributed by atoms with Crippen molar-refractivity contribution < 1.29 is 28.7 Å². The van der Waals surface area contributed by atoms with Crippen molar-refractivity contribution in [2.24, 2.45) is 5.92 Å². The van der Waals surface area contributed by atoms with E-state index in [1.165, 1.54) is 0 Å². The summed E-state index contributed by atoms with van der Waals surface area (Å²) < 4.78 is 5.10. The topological polar surface area (TPSA) is 146 Å². The molecular weight excluding hydrogens is 586 g/mol. The normalized spacial score (nSPS) is 17.5. The average Bonchev–Trinajstić information content (AvgIpc) is 3.47. The number of amides is 4. The maximum atomic E-state index is 13.2. The van der Waals surface area contributed by atoms with Gasteiger partial charge in [0.25, 0.3) is 0 Å². The molecule has 11 heteroatoms. The van der Waals surface area contributed by atoms with Gasteiger partial charge in [0.15, 0.2) is 0 Å². The molecule has 0 spiro atoms. The molecule has 2 fully saturated rings. The van der Waals surface area contributed by atoms with Gasteiger partial charge in [0.2, 0.25) is 23.6 Å². The Kier molecular flexibility index (Phi) is 13.2. The van der Waals surface area contributed by atoms with E-state index >= 15 is 0 Å². The van der Waals surface area contributed by atoms with Crippen LogP contribution in [0.5, 0.6) is 0 Å². The van der Waals surface area contributed by atoms with Crippen LogP contribution in [0.1, 0.15) is 24.0 Å². The van der Waals surface area contributed by atoms with Crippen molar-refractivity contribution >= 4 is 40.7 Å². The smallest absolute Gasteiger partial charge is 0.243 e. The molecule has 2 aliphatic heterocycles. The van der Waals surface area contributed by atoms with Crippen molar-refractivity contribution in [3.63, 3.8) is 0 Å². The summed E-state index contributed by atoms with van der Waals surface area (Å²) in [4.78, 5) is 64.2. The second kappa shape index (κ2) is 17.8. The van der Waals surface area contributed by atoms with Gasteiger partial charge in [-0.3, -0.25) is 19.2 Å². The lowest BCUT2D eigenvalue weighted by atomic mass is 9.98. The Hall–Kier alpha value is -4.61. The summed E-state index contributed by atoms with van der Waals surface area (Å²) >= 11 is 0. The molecule has 0 saturated carbocycles. The maximum Gasteiger partial charge on any atom is 0.243 e. The van der Waals surface area contributed by atoms with E-state index in [0.29, 0.717) is 19.3 Å². The van der Waals surface area contributed by atoms with E-state index in [2.05, 4.69) is 33.2 Å². The minimum Gasteiger partial charge on any atom is -0.379 e. The van der Waals surface area contributed by atoms with E-state index in [4.69, 9.17) is 4.74 Å². The minimum atomic E-state index is -0.927. The Morgan fingerprint density at radius 1 is 0.957 bits per heavy atom. The van der Waals surface area contributed by atoms with Crippen LogP contribution in [0.2, 0.25) is 0 Å². The van der Waals surface area contributed by atoms with Crippen molar-refractivity contribution in [2.45, 2.75) is 37.8 Å². The number of ether oxygens (including phenoxy) is 1. The van der Waals surface area contributed by atoms with Gasteiger partial charge in [0, 0.05) is 32.0 Å². The number of nitrogens with zero attached hydrogens (tertiary/aromatic N) is 1. The molecule has 2 aliphatic rings. The van der Waals surface area contributed by atoms with Crippen LogP contribution < -0.4 is 21.3 Å². The summed E-state index contributed by atoms with van der Waals surface area (Å²) in [5.41, 5.74) is 1.70. The van der Waals surface area contributed by atoms with E-state index in [1.54, 1.807) is 0 Å². The molecule has 46 heavy (non-hydrogen) atoms. The zero-order valence-corrected chi connectivity index (χ0v) is 26.2. The molecule has 2 saturated heterocycles. The number of rotatable bonds is 12. The standard InChI is InChI=1S/C30H32N4O5.C5H11NO/c35-19-24(16-23-13-14-31-29(23)38)33-28(37)18-32-30(39)26(34-27(36)15-20-7-2-1-3-8-20)17-22-11-6-10-21-9-4-5-12-25(21)22;1-6-2-4-7-5-3-6/h1-12,19,23-24,26H,13-18H2,(H,31,38)(H,32,39)(H,33,37)(H,34,36);2-5H2,1H3. The molecule has 0 radical (unpaired) electrons. The molecular formula is C35H43N5O6. The minimum absolute atomic E-state index is 0.108. The first-order chi connectivity index (χ1) is 22.3. The van der Waals surface area contributed by atoms with Gasteiger partial charge in [-0.2, -0.15) is 0 Å². The third-order valence-corrected chi connectivity index (χ3v) is 8.03. The van der Waals surface area contributed by atoms with Gasteiger partial charge >= 0.3 is 0 Å². The van der Waals surface area contributed by atoms with Crippen LogP contribution in [0.4, 0.5) is 0 Å². The van der Waals surface area contributed by atoms with Crippen molar-refractivity contribution in [3.8, 4) is 0 Å². The van der Waals surface area contributed by atoms with Crippen LogP contribution in [0.25, 0.3) is 10.8 Å². The van der Waals surface area contributed by atoms with Crippen molar-refractivity contribution in [3.05, 3.63) is 83.9 Å². The SMILES string of the molecule is CN1CCOCC1.O=CC(CC1CCNC1=O)NC(=O)CNC(=O)C(Cc1cccc2ccccc12)NC(=O)Cc1ccccc1. The first-order valence-corrected chi connectivity index (χ1v) is 15.7. The quantitative estimate of drug-likeness (QED) is 0.222. The highest BCUT2D eigenvalue weighted by Gasteiger charge is 2.28. The van der Waals surface area contributed by atoms with Crippen molar-refractivity contribution in [2.75, 3.05) is 46.4 Å². The molecule has 244 valence electrons. The number of aldehydes is 1. The lowest BCUT2D eigenvalue weighted by Gasteiger charge is -2.21. The highest BCUT2D eigenvalue weighted by Crippen LogP contribution is 2.20. The fourth-order valence-electron chi connectivity index (χ4n) is 5.45. The summed E-state index contributed by atoms with van der Waals surface area (Å²) in [6.07, 6.45) is 1.74. The van der Waals surface area contributed by atoms with Gasteiger partial charge in [-0.1, -0.05) is 72.8 Å². The third-order valence-electron chi connectivity index (χ3n) is 8.03. The van der Waals surface area contributed by atoms with E-state index in [-0.39, 0.29) is 43.5 Å². The number of nitrogens with one attached hydrogen (secondary N) is 4. The number of hydrogen-bond acceptors (Lipinski definition) is 7. The van der Waals surface area contributed by atoms with Crippen molar-refractivity contribution in [1.82, 2.24) is 26.2 Å². The van der Waals surface area contributed by atoms with E-state index in [0.717, 1.165) is 48.2 Å². The number of likely N-dealkylation sites (N-methyl/N-ethyl adjacent to an activating group) is 1. The molecule has 4 amide bonds. The molecule has 0 bridgehead atoms. The zero-order valence-electron chi connectivity index (χ0n) is 26.2. The van der Waals surface area contributed by atoms with Crippen LogP contribution in [-0.2, 0) is 41.6 Å². The van der Waals surface area contributed by atoms with Gasteiger partial charge in [-0.15, -0.1) is 0 Å². The predicted molar refractivity (Wildman–Crippen MR) is 175 cm³/mol. The van der Waals surface area contributed by atoms with Crippen molar-refractivity contribution in [1.29, 1.82) is 0 Å². The Balaban J connectivity index is 0.000000606. The second-order valence-corrected chi connectivity index (χ2v) is 11.6. The third kappa shape index (κ3) is 10.8.